The third-order valence-electron chi connectivity index (χ3n) is 3.14. The Morgan fingerprint density at radius 3 is 2.33 bits per heavy atom. The molecule has 1 aromatic rings. The van der Waals surface area contributed by atoms with Gasteiger partial charge in [-0.2, -0.15) is 0 Å². The van der Waals surface area contributed by atoms with Gasteiger partial charge in [-0.15, -0.1) is 18.3 Å². The van der Waals surface area contributed by atoms with Gasteiger partial charge in [0, 0.05) is 9.64 Å². The van der Waals surface area contributed by atoms with Crippen molar-refractivity contribution in [2.75, 3.05) is 0 Å². The van der Waals surface area contributed by atoms with Crippen LogP contribution >= 0.6 is 11.8 Å². The molecule has 0 atom stereocenters. The van der Waals surface area contributed by atoms with Crippen LogP contribution in [0.15, 0.2) is 47.9 Å². The standard InChI is InChI=1S/C14H18S/c1-2-14(11-7-4-8-12-14)15-13-9-5-3-6-10-13/h2-3,5-6,9-10H,1,4,7-8,11-12H2. The summed E-state index contributed by atoms with van der Waals surface area (Å²) in [6.07, 6.45) is 8.85. The van der Waals surface area contributed by atoms with Crippen LogP contribution in [0.4, 0.5) is 0 Å². The molecule has 0 bridgehead atoms. The second kappa shape index (κ2) is 4.89. The van der Waals surface area contributed by atoms with Gasteiger partial charge in [-0.1, -0.05) is 43.5 Å². The molecule has 0 nitrogen and oxygen atoms in total. The molecule has 15 heavy (non-hydrogen) atoms. The zero-order valence-electron chi connectivity index (χ0n) is 9.11. The summed E-state index contributed by atoms with van der Waals surface area (Å²) in [6, 6.07) is 10.7. The van der Waals surface area contributed by atoms with Gasteiger partial charge in [-0.05, 0) is 25.0 Å². The average Bonchev–Trinajstić information content (AvgIpc) is 2.32. The molecule has 0 amide bonds. The summed E-state index contributed by atoms with van der Waals surface area (Å²) in [7, 11) is 0. The largest absolute Gasteiger partial charge is 0.115 e. The normalized spacial score (nSPS) is 19.7. The first-order valence-corrected chi connectivity index (χ1v) is 6.54. The monoisotopic (exact) mass is 218 g/mol. The van der Waals surface area contributed by atoms with E-state index in [0.29, 0.717) is 4.75 Å². The van der Waals surface area contributed by atoms with E-state index in [1.165, 1.54) is 37.0 Å². The summed E-state index contributed by atoms with van der Waals surface area (Å²) in [5.41, 5.74) is 0. The second-order valence-electron chi connectivity index (χ2n) is 4.24. The fourth-order valence-electron chi connectivity index (χ4n) is 2.22. The zero-order chi connectivity index (χ0) is 10.6. The third kappa shape index (κ3) is 2.66. The van der Waals surface area contributed by atoms with Crippen LogP contribution in [0.25, 0.3) is 0 Å². The number of hydrogen-bond donors (Lipinski definition) is 0. The molecule has 0 aromatic heterocycles. The van der Waals surface area contributed by atoms with Crippen LogP contribution in [0.2, 0.25) is 0 Å². The number of hydrogen-bond acceptors (Lipinski definition) is 1. The lowest BCUT2D eigenvalue weighted by Gasteiger charge is -2.33. The lowest BCUT2D eigenvalue weighted by molar-refractivity contribution is 0.453. The molecule has 1 aromatic carbocycles. The molecule has 0 N–H and O–H groups in total. The lowest BCUT2D eigenvalue weighted by atomic mass is 9.88. The quantitative estimate of drug-likeness (QED) is 0.664. The Morgan fingerprint density at radius 2 is 1.73 bits per heavy atom. The van der Waals surface area contributed by atoms with E-state index in [9.17, 15) is 0 Å². The third-order valence-corrected chi connectivity index (χ3v) is 4.63. The molecule has 2 rings (SSSR count). The average molecular weight is 218 g/mol. The van der Waals surface area contributed by atoms with Gasteiger partial charge in [0.15, 0.2) is 0 Å². The minimum absolute atomic E-state index is 0.305. The van der Waals surface area contributed by atoms with Gasteiger partial charge in [0.05, 0.1) is 0 Å². The minimum atomic E-state index is 0.305. The van der Waals surface area contributed by atoms with E-state index in [0.717, 1.165) is 0 Å². The predicted octanol–water partition coefficient (Wildman–Crippen LogP) is 4.67. The molecule has 0 saturated heterocycles. The Labute approximate surface area is 96.8 Å². The second-order valence-corrected chi connectivity index (χ2v) is 5.73. The van der Waals surface area contributed by atoms with Gasteiger partial charge in [-0.3, -0.25) is 0 Å². The van der Waals surface area contributed by atoms with Crippen LogP contribution in [-0.4, -0.2) is 4.75 Å². The van der Waals surface area contributed by atoms with Crippen LogP contribution < -0.4 is 0 Å². The first kappa shape index (κ1) is 10.8. The van der Waals surface area contributed by atoms with Gasteiger partial charge in [0.1, 0.15) is 0 Å². The highest BCUT2D eigenvalue weighted by Crippen LogP contribution is 2.44. The molecule has 0 unspecified atom stereocenters. The Kier molecular flexibility index (Phi) is 3.53. The van der Waals surface area contributed by atoms with E-state index < -0.39 is 0 Å². The van der Waals surface area contributed by atoms with E-state index in [2.05, 4.69) is 43.0 Å². The fraction of sp³-hybridized carbons (Fsp3) is 0.429. The van der Waals surface area contributed by atoms with E-state index in [-0.39, 0.29) is 0 Å². The van der Waals surface area contributed by atoms with Gasteiger partial charge in [-0.25, -0.2) is 0 Å². The number of thioether (sulfide) groups is 1. The van der Waals surface area contributed by atoms with Gasteiger partial charge in [0.25, 0.3) is 0 Å². The summed E-state index contributed by atoms with van der Waals surface area (Å²) in [5, 5.41) is 0. The molecule has 1 fully saturated rings. The highest BCUT2D eigenvalue weighted by Gasteiger charge is 2.29. The number of rotatable bonds is 3. The Balaban J connectivity index is 2.10. The Hall–Kier alpha value is -0.690. The fourth-order valence-corrected chi connectivity index (χ4v) is 3.56. The molecule has 0 aliphatic heterocycles. The molecule has 80 valence electrons. The van der Waals surface area contributed by atoms with Gasteiger partial charge < -0.3 is 0 Å². The van der Waals surface area contributed by atoms with Crippen LogP contribution in [0, 0.1) is 0 Å². The van der Waals surface area contributed by atoms with E-state index in [1.807, 2.05) is 11.8 Å². The minimum Gasteiger partial charge on any atom is -0.115 e. The SMILES string of the molecule is C=CC1(Sc2ccccc2)CCCCC1. The van der Waals surface area contributed by atoms with Gasteiger partial charge in [0.2, 0.25) is 0 Å². The van der Waals surface area contributed by atoms with E-state index in [1.54, 1.807) is 0 Å². The molecule has 0 spiro atoms. The van der Waals surface area contributed by atoms with Crippen molar-refractivity contribution in [2.45, 2.75) is 41.7 Å². The van der Waals surface area contributed by atoms with Crippen LogP contribution in [0.5, 0.6) is 0 Å². The Bertz CT molecular complexity index is 309. The highest BCUT2D eigenvalue weighted by atomic mass is 32.2. The maximum absolute atomic E-state index is 4.03. The Morgan fingerprint density at radius 1 is 1.07 bits per heavy atom. The summed E-state index contributed by atoms with van der Waals surface area (Å²) in [6.45, 7) is 4.03. The van der Waals surface area contributed by atoms with E-state index in [4.69, 9.17) is 0 Å². The molecule has 0 radical (unpaired) electrons. The van der Waals surface area contributed by atoms with E-state index >= 15 is 0 Å². The van der Waals surface area contributed by atoms with Crippen molar-refractivity contribution in [2.24, 2.45) is 0 Å². The molecular formula is C14H18S. The molecule has 1 saturated carbocycles. The van der Waals surface area contributed by atoms with Crippen molar-refractivity contribution in [3.8, 4) is 0 Å². The molecular weight excluding hydrogens is 200 g/mol. The lowest BCUT2D eigenvalue weighted by Crippen LogP contribution is -2.24. The highest BCUT2D eigenvalue weighted by molar-refractivity contribution is 8.00. The van der Waals surface area contributed by atoms with Crippen molar-refractivity contribution in [3.05, 3.63) is 43.0 Å². The van der Waals surface area contributed by atoms with Crippen LogP contribution in [0.3, 0.4) is 0 Å². The molecule has 1 aliphatic carbocycles. The van der Waals surface area contributed by atoms with Crippen molar-refractivity contribution < 1.29 is 0 Å². The maximum atomic E-state index is 4.03. The summed E-state index contributed by atoms with van der Waals surface area (Å²) >= 11 is 1.99. The molecule has 1 aliphatic rings. The summed E-state index contributed by atoms with van der Waals surface area (Å²) < 4.78 is 0.305. The van der Waals surface area contributed by atoms with Crippen molar-refractivity contribution in [3.63, 3.8) is 0 Å². The van der Waals surface area contributed by atoms with Crippen LogP contribution in [0.1, 0.15) is 32.1 Å². The van der Waals surface area contributed by atoms with Crippen molar-refractivity contribution in [1.82, 2.24) is 0 Å². The first-order valence-electron chi connectivity index (χ1n) is 5.72. The summed E-state index contributed by atoms with van der Waals surface area (Å²) in [4.78, 5) is 1.37. The predicted molar refractivity (Wildman–Crippen MR) is 68.3 cm³/mol. The maximum Gasteiger partial charge on any atom is 0.0383 e. The molecule has 0 heterocycles. The van der Waals surface area contributed by atoms with Crippen molar-refractivity contribution >= 4 is 11.8 Å². The first-order chi connectivity index (χ1) is 7.35. The smallest absolute Gasteiger partial charge is 0.0383 e. The van der Waals surface area contributed by atoms with Crippen LogP contribution in [-0.2, 0) is 0 Å². The summed E-state index contributed by atoms with van der Waals surface area (Å²) in [5.74, 6) is 0. The number of benzene rings is 1. The van der Waals surface area contributed by atoms with Gasteiger partial charge >= 0.3 is 0 Å². The van der Waals surface area contributed by atoms with Crippen molar-refractivity contribution in [1.29, 1.82) is 0 Å². The topological polar surface area (TPSA) is 0 Å². The zero-order valence-corrected chi connectivity index (χ0v) is 9.93. The molecule has 1 heteroatoms.